The Labute approximate surface area is 159 Å². The van der Waals surface area contributed by atoms with E-state index in [4.69, 9.17) is 11.6 Å². The molecule has 1 amide bonds. The van der Waals surface area contributed by atoms with E-state index in [1.54, 1.807) is 18.5 Å². The molecular formula is C21H13ClFN3O. The highest BCUT2D eigenvalue weighted by molar-refractivity contribution is 6.31. The zero-order chi connectivity index (χ0) is 18.8. The molecule has 0 unspecified atom stereocenters. The van der Waals surface area contributed by atoms with Crippen LogP contribution in [0.15, 0.2) is 73.1 Å². The van der Waals surface area contributed by atoms with Gasteiger partial charge in [-0.2, -0.15) is 0 Å². The number of aromatic nitrogens is 2. The number of carbonyl (C=O) groups excluding carboxylic acids is 1. The first-order chi connectivity index (χ1) is 13.1. The Morgan fingerprint density at radius 1 is 1.00 bits per heavy atom. The van der Waals surface area contributed by atoms with Crippen LogP contribution in [0.5, 0.6) is 0 Å². The Balaban J connectivity index is 1.79. The lowest BCUT2D eigenvalue weighted by molar-refractivity contribution is 0.102. The number of amides is 1. The summed E-state index contributed by atoms with van der Waals surface area (Å²) in [5.41, 5.74) is 3.10. The van der Waals surface area contributed by atoms with Crippen LogP contribution in [0.25, 0.3) is 22.2 Å². The number of hydrogen-bond donors (Lipinski definition) is 1. The van der Waals surface area contributed by atoms with Gasteiger partial charge < -0.3 is 5.32 Å². The number of hydrogen-bond acceptors (Lipinski definition) is 3. The first-order valence-electron chi connectivity index (χ1n) is 8.18. The lowest BCUT2D eigenvalue weighted by atomic mass is 10.0. The standard InChI is InChI=1S/C21H13ClFN3O/c22-17-11-14(5-6-18(17)23)25-21(27)16-12-20(13-7-9-24-10-8-13)26-19-4-2-1-3-15(16)19/h1-12H,(H,25,27). The van der Waals surface area contributed by atoms with Gasteiger partial charge in [0.15, 0.2) is 0 Å². The fraction of sp³-hybridized carbons (Fsp3) is 0. The van der Waals surface area contributed by atoms with E-state index in [9.17, 15) is 9.18 Å². The highest BCUT2D eigenvalue weighted by atomic mass is 35.5. The second kappa shape index (κ2) is 7.13. The average Bonchev–Trinajstić information content (AvgIpc) is 2.70. The first-order valence-corrected chi connectivity index (χ1v) is 8.56. The Morgan fingerprint density at radius 3 is 2.56 bits per heavy atom. The molecular weight excluding hydrogens is 365 g/mol. The monoisotopic (exact) mass is 377 g/mol. The van der Waals surface area contributed by atoms with E-state index in [0.29, 0.717) is 22.5 Å². The number of anilines is 1. The van der Waals surface area contributed by atoms with E-state index in [2.05, 4.69) is 15.3 Å². The second-order valence-electron chi connectivity index (χ2n) is 5.89. The molecule has 0 atom stereocenters. The molecule has 27 heavy (non-hydrogen) atoms. The minimum atomic E-state index is -0.538. The third-order valence-corrected chi connectivity index (χ3v) is 4.40. The van der Waals surface area contributed by atoms with Crippen LogP contribution in [0.1, 0.15) is 10.4 Å². The van der Waals surface area contributed by atoms with Gasteiger partial charge in [-0.15, -0.1) is 0 Å². The van der Waals surface area contributed by atoms with Crippen molar-refractivity contribution >= 4 is 34.1 Å². The summed E-state index contributed by atoms with van der Waals surface area (Å²) in [6, 6.07) is 16.9. The molecule has 0 bridgehead atoms. The number of rotatable bonds is 3. The Kier molecular flexibility index (Phi) is 4.52. The molecule has 4 rings (SSSR count). The minimum Gasteiger partial charge on any atom is -0.322 e. The van der Waals surface area contributed by atoms with Crippen LogP contribution in [0.4, 0.5) is 10.1 Å². The summed E-state index contributed by atoms with van der Waals surface area (Å²) >= 11 is 5.80. The van der Waals surface area contributed by atoms with Crippen molar-refractivity contribution in [3.63, 3.8) is 0 Å². The fourth-order valence-electron chi connectivity index (χ4n) is 2.81. The highest BCUT2D eigenvalue weighted by Gasteiger charge is 2.14. The Bertz CT molecular complexity index is 1150. The summed E-state index contributed by atoms with van der Waals surface area (Å²) in [6.07, 6.45) is 3.35. The molecule has 0 aliphatic carbocycles. The topological polar surface area (TPSA) is 54.9 Å². The molecule has 2 heterocycles. The molecule has 0 spiro atoms. The summed E-state index contributed by atoms with van der Waals surface area (Å²) in [4.78, 5) is 21.6. The van der Waals surface area contributed by atoms with Gasteiger partial charge in [-0.05, 0) is 42.5 Å². The largest absolute Gasteiger partial charge is 0.322 e. The van der Waals surface area contributed by atoms with Crippen LogP contribution in [-0.4, -0.2) is 15.9 Å². The molecule has 2 aromatic heterocycles. The van der Waals surface area contributed by atoms with E-state index in [0.717, 1.165) is 10.9 Å². The summed E-state index contributed by atoms with van der Waals surface area (Å²) in [5, 5.41) is 3.44. The minimum absolute atomic E-state index is 0.0511. The zero-order valence-electron chi connectivity index (χ0n) is 14.0. The smallest absolute Gasteiger partial charge is 0.256 e. The Hall–Kier alpha value is -3.31. The molecule has 4 aromatic rings. The first kappa shape index (κ1) is 17.1. The van der Waals surface area contributed by atoms with Crippen molar-refractivity contribution < 1.29 is 9.18 Å². The molecule has 0 saturated heterocycles. The van der Waals surface area contributed by atoms with Crippen LogP contribution in [0.2, 0.25) is 5.02 Å². The summed E-state index contributed by atoms with van der Waals surface area (Å²) in [7, 11) is 0. The predicted octanol–water partition coefficient (Wildman–Crippen LogP) is 5.34. The van der Waals surface area contributed by atoms with Crippen molar-refractivity contribution in [2.75, 3.05) is 5.32 Å². The van der Waals surface area contributed by atoms with Crippen molar-refractivity contribution in [1.29, 1.82) is 0 Å². The predicted molar refractivity (Wildman–Crippen MR) is 104 cm³/mol. The molecule has 6 heteroatoms. The third-order valence-electron chi connectivity index (χ3n) is 4.11. The number of carbonyl (C=O) groups is 1. The van der Waals surface area contributed by atoms with Gasteiger partial charge in [-0.3, -0.25) is 9.78 Å². The molecule has 2 aromatic carbocycles. The molecule has 0 radical (unpaired) electrons. The van der Waals surface area contributed by atoms with Crippen molar-refractivity contribution in [2.24, 2.45) is 0 Å². The summed E-state index contributed by atoms with van der Waals surface area (Å²) in [6.45, 7) is 0. The SMILES string of the molecule is O=C(Nc1ccc(F)c(Cl)c1)c1cc(-c2ccncc2)nc2ccccc12. The van der Waals surface area contributed by atoms with Gasteiger partial charge in [-0.1, -0.05) is 29.8 Å². The number of pyridine rings is 2. The average molecular weight is 378 g/mol. The summed E-state index contributed by atoms with van der Waals surface area (Å²) < 4.78 is 13.3. The van der Waals surface area contributed by atoms with Gasteiger partial charge >= 0.3 is 0 Å². The van der Waals surface area contributed by atoms with Crippen molar-refractivity contribution in [3.8, 4) is 11.3 Å². The highest BCUT2D eigenvalue weighted by Crippen LogP contribution is 2.26. The van der Waals surface area contributed by atoms with E-state index >= 15 is 0 Å². The number of para-hydroxylation sites is 1. The van der Waals surface area contributed by atoms with Gasteiger partial charge in [0, 0.05) is 29.0 Å². The number of benzene rings is 2. The lowest BCUT2D eigenvalue weighted by Crippen LogP contribution is -2.13. The molecule has 0 saturated carbocycles. The van der Waals surface area contributed by atoms with Gasteiger partial charge in [0.2, 0.25) is 0 Å². The maximum Gasteiger partial charge on any atom is 0.256 e. The van der Waals surface area contributed by atoms with Crippen LogP contribution >= 0.6 is 11.6 Å². The quantitative estimate of drug-likeness (QED) is 0.524. The van der Waals surface area contributed by atoms with Crippen LogP contribution in [0.3, 0.4) is 0 Å². The molecule has 0 fully saturated rings. The molecule has 132 valence electrons. The van der Waals surface area contributed by atoms with E-state index in [1.165, 1.54) is 18.2 Å². The summed E-state index contributed by atoms with van der Waals surface area (Å²) in [5.74, 6) is -0.865. The van der Waals surface area contributed by atoms with Gasteiger partial charge in [0.25, 0.3) is 5.91 Å². The normalized spacial score (nSPS) is 10.7. The molecule has 0 aliphatic rings. The van der Waals surface area contributed by atoms with Gasteiger partial charge in [0.05, 0.1) is 21.8 Å². The van der Waals surface area contributed by atoms with Crippen molar-refractivity contribution in [1.82, 2.24) is 9.97 Å². The van der Waals surface area contributed by atoms with E-state index < -0.39 is 5.82 Å². The van der Waals surface area contributed by atoms with E-state index in [-0.39, 0.29) is 10.9 Å². The number of nitrogens with one attached hydrogen (secondary N) is 1. The maximum atomic E-state index is 13.3. The van der Waals surface area contributed by atoms with Crippen molar-refractivity contribution in [3.05, 3.63) is 89.5 Å². The maximum absolute atomic E-state index is 13.3. The number of fused-ring (bicyclic) bond motifs is 1. The van der Waals surface area contributed by atoms with Crippen LogP contribution in [-0.2, 0) is 0 Å². The van der Waals surface area contributed by atoms with Gasteiger partial charge in [-0.25, -0.2) is 9.37 Å². The molecule has 0 aliphatic heterocycles. The van der Waals surface area contributed by atoms with Gasteiger partial charge in [0.1, 0.15) is 5.82 Å². The number of nitrogens with zero attached hydrogens (tertiary/aromatic N) is 2. The third kappa shape index (κ3) is 3.50. The van der Waals surface area contributed by atoms with Crippen molar-refractivity contribution in [2.45, 2.75) is 0 Å². The van der Waals surface area contributed by atoms with Crippen LogP contribution in [0, 0.1) is 5.82 Å². The molecule has 4 nitrogen and oxygen atoms in total. The van der Waals surface area contributed by atoms with Crippen LogP contribution < -0.4 is 5.32 Å². The fourth-order valence-corrected chi connectivity index (χ4v) is 2.99. The second-order valence-corrected chi connectivity index (χ2v) is 6.30. The van der Waals surface area contributed by atoms with E-state index in [1.807, 2.05) is 36.4 Å². The number of halogens is 2. The molecule has 1 N–H and O–H groups in total. The Morgan fingerprint density at radius 2 is 1.78 bits per heavy atom. The zero-order valence-corrected chi connectivity index (χ0v) is 14.7. The lowest BCUT2D eigenvalue weighted by Gasteiger charge is -2.11.